The van der Waals surface area contributed by atoms with Crippen molar-refractivity contribution in [1.29, 1.82) is 0 Å². The molecule has 0 aliphatic carbocycles. The van der Waals surface area contributed by atoms with E-state index in [4.69, 9.17) is 23.2 Å². The Labute approximate surface area is 193 Å². The number of nitro benzene ring substituents is 1. The van der Waals surface area contributed by atoms with Crippen LogP contribution in [0.15, 0.2) is 71.8 Å². The van der Waals surface area contributed by atoms with Gasteiger partial charge in [0.2, 0.25) is 0 Å². The second-order valence-electron chi connectivity index (χ2n) is 6.57. The lowest BCUT2D eigenvalue weighted by molar-refractivity contribution is -0.385. The van der Waals surface area contributed by atoms with Gasteiger partial charge in [0.05, 0.1) is 21.2 Å². The predicted octanol–water partition coefficient (Wildman–Crippen LogP) is 5.31. The van der Waals surface area contributed by atoms with Crippen LogP contribution in [-0.4, -0.2) is 22.4 Å². The number of nitrogens with zero attached hydrogens (tertiary/aromatic N) is 2. The summed E-state index contributed by atoms with van der Waals surface area (Å²) >= 11 is 11.9. The average Bonchev–Trinajstić information content (AvgIpc) is 2.77. The van der Waals surface area contributed by atoms with Gasteiger partial charge in [0.25, 0.3) is 17.5 Å². The minimum atomic E-state index is -0.694. The van der Waals surface area contributed by atoms with Gasteiger partial charge in [-0.1, -0.05) is 47.5 Å². The van der Waals surface area contributed by atoms with Gasteiger partial charge in [-0.15, -0.1) is 0 Å². The third kappa shape index (κ3) is 5.48. The smallest absolute Gasteiger partial charge is 0.282 e. The lowest BCUT2D eigenvalue weighted by Crippen LogP contribution is -2.20. The summed E-state index contributed by atoms with van der Waals surface area (Å²) in [5, 5.41) is 18.5. The molecule has 0 fully saturated rings. The molecule has 0 atom stereocenters. The molecule has 10 heteroatoms. The molecule has 0 saturated carbocycles. The molecule has 0 heterocycles. The van der Waals surface area contributed by atoms with E-state index in [2.05, 4.69) is 15.8 Å². The molecule has 0 bridgehead atoms. The summed E-state index contributed by atoms with van der Waals surface area (Å²) in [6, 6.07) is 16.9. The normalized spacial score (nSPS) is 11.0. The first-order valence-corrected chi connectivity index (χ1v) is 9.96. The fourth-order valence-electron chi connectivity index (χ4n) is 2.75. The number of hydrogen-bond acceptors (Lipinski definition) is 5. The van der Waals surface area contributed by atoms with Crippen molar-refractivity contribution in [3.8, 4) is 0 Å². The Hall–Kier alpha value is -3.75. The SMILES string of the molecule is C/C(=N/NC(=O)c1ccccc1[N+](=O)[O-])c1ccc(NC(=O)c2ccc(Cl)cc2Cl)cc1. The minimum absolute atomic E-state index is 0.0898. The maximum absolute atomic E-state index is 12.4. The van der Waals surface area contributed by atoms with Gasteiger partial charge in [0.1, 0.15) is 5.56 Å². The molecule has 0 unspecified atom stereocenters. The van der Waals surface area contributed by atoms with Crippen LogP contribution in [0.1, 0.15) is 33.2 Å². The standard InChI is InChI=1S/C22H16Cl2N4O4/c1-13(26-27-22(30)18-4-2-3-5-20(18)28(31)32)14-6-9-16(10-7-14)25-21(29)17-11-8-15(23)12-19(17)24/h2-12H,1H3,(H,25,29)(H,27,30)/b26-13-. The van der Waals surface area contributed by atoms with E-state index in [1.165, 1.54) is 36.4 Å². The maximum Gasteiger partial charge on any atom is 0.282 e. The number of benzene rings is 3. The summed E-state index contributed by atoms with van der Waals surface area (Å²) in [7, 11) is 0. The van der Waals surface area contributed by atoms with E-state index in [0.29, 0.717) is 22.0 Å². The molecule has 3 rings (SSSR count). The highest BCUT2D eigenvalue weighted by molar-refractivity contribution is 6.37. The molecule has 0 saturated heterocycles. The zero-order chi connectivity index (χ0) is 23.3. The van der Waals surface area contributed by atoms with Crippen molar-refractivity contribution in [2.75, 3.05) is 5.32 Å². The number of nitro groups is 1. The summed E-state index contributed by atoms with van der Waals surface area (Å²) in [5.41, 5.74) is 3.89. The Bertz CT molecular complexity index is 1230. The first-order chi connectivity index (χ1) is 15.3. The molecule has 0 spiro atoms. The van der Waals surface area contributed by atoms with Gasteiger partial charge < -0.3 is 5.32 Å². The molecule has 2 N–H and O–H groups in total. The Morgan fingerprint density at radius 2 is 1.62 bits per heavy atom. The number of rotatable bonds is 6. The average molecular weight is 471 g/mol. The Balaban J connectivity index is 1.67. The monoisotopic (exact) mass is 470 g/mol. The van der Waals surface area contributed by atoms with Crippen LogP contribution in [0.25, 0.3) is 0 Å². The molecule has 32 heavy (non-hydrogen) atoms. The second-order valence-corrected chi connectivity index (χ2v) is 7.41. The summed E-state index contributed by atoms with van der Waals surface area (Å²) < 4.78 is 0. The topological polar surface area (TPSA) is 114 Å². The number of halogens is 2. The van der Waals surface area contributed by atoms with Crippen LogP contribution < -0.4 is 10.7 Å². The molecule has 0 aliphatic rings. The minimum Gasteiger partial charge on any atom is -0.322 e. The Morgan fingerprint density at radius 3 is 2.28 bits per heavy atom. The lowest BCUT2D eigenvalue weighted by atomic mass is 10.1. The zero-order valence-corrected chi connectivity index (χ0v) is 18.1. The number of carbonyl (C=O) groups excluding carboxylic acids is 2. The lowest BCUT2D eigenvalue weighted by Gasteiger charge is -2.08. The zero-order valence-electron chi connectivity index (χ0n) is 16.6. The molecule has 0 radical (unpaired) electrons. The van der Waals surface area contributed by atoms with Gasteiger partial charge >= 0.3 is 0 Å². The van der Waals surface area contributed by atoms with Crippen molar-refractivity contribution < 1.29 is 14.5 Å². The van der Waals surface area contributed by atoms with Gasteiger partial charge in [0.15, 0.2) is 0 Å². The quantitative estimate of drug-likeness (QED) is 0.288. The number of hydrazone groups is 1. The number of nitrogens with one attached hydrogen (secondary N) is 2. The molecule has 2 amide bonds. The highest BCUT2D eigenvalue weighted by atomic mass is 35.5. The molecule has 0 aromatic heterocycles. The van der Waals surface area contributed by atoms with E-state index >= 15 is 0 Å². The first kappa shape index (κ1) is 22.9. The van der Waals surface area contributed by atoms with Crippen LogP contribution >= 0.6 is 23.2 Å². The Morgan fingerprint density at radius 1 is 0.938 bits per heavy atom. The number of para-hydroxylation sites is 1. The van der Waals surface area contributed by atoms with Gasteiger partial charge in [-0.2, -0.15) is 5.10 Å². The molecule has 162 valence electrons. The second kappa shape index (κ2) is 10.0. The molecule has 3 aromatic rings. The van der Waals surface area contributed by atoms with Crippen LogP contribution in [0.3, 0.4) is 0 Å². The van der Waals surface area contributed by atoms with Crippen LogP contribution in [0.5, 0.6) is 0 Å². The van der Waals surface area contributed by atoms with Crippen molar-refractivity contribution in [3.63, 3.8) is 0 Å². The predicted molar refractivity (Wildman–Crippen MR) is 124 cm³/mol. The van der Waals surface area contributed by atoms with Crippen molar-refractivity contribution in [3.05, 3.63) is 104 Å². The highest BCUT2D eigenvalue weighted by Gasteiger charge is 2.18. The van der Waals surface area contributed by atoms with Crippen molar-refractivity contribution >= 4 is 52.1 Å². The van der Waals surface area contributed by atoms with E-state index in [0.717, 1.165) is 0 Å². The molecular weight excluding hydrogens is 455 g/mol. The molecule has 3 aromatic carbocycles. The van der Waals surface area contributed by atoms with Crippen molar-refractivity contribution in [2.24, 2.45) is 5.10 Å². The molecule has 8 nitrogen and oxygen atoms in total. The van der Waals surface area contributed by atoms with E-state index < -0.39 is 10.8 Å². The number of anilines is 1. The van der Waals surface area contributed by atoms with Crippen LogP contribution in [0.2, 0.25) is 10.0 Å². The van der Waals surface area contributed by atoms with Gasteiger partial charge in [-0.05, 0) is 48.9 Å². The van der Waals surface area contributed by atoms with Crippen LogP contribution in [0, 0.1) is 10.1 Å². The fraction of sp³-hybridized carbons (Fsp3) is 0.0455. The van der Waals surface area contributed by atoms with Gasteiger partial charge in [-0.3, -0.25) is 19.7 Å². The van der Waals surface area contributed by atoms with Crippen molar-refractivity contribution in [2.45, 2.75) is 6.92 Å². The van der Waals surface area contributed by atoms with E-state index in [-0.39, 0.29) is 27.7 Å². The highest BCUT2D eigenvalue weighted by Crippen LogP contribution is 2.22. The molecule has 0 aliphatic heterocycles. The van der Waals surface area contributed by atoms with Crippen molar-refractivity contribution in [1.82, 2.24) is 5.43 Å². The third-order valence-corrected chi connectivity index (χ3v) is 4.95. The van der Waals surface area contributed by atoms with Crippen LogP contribution in [-0.2, 0) is 0 Å². The van der Waals surface area contributed by atoms with Gasteiger partial charge in [-0.25, -0.2) is 5.43 Å². The fourth-order valence-corrected chi connectivity index (χ4v) is 3.25. The Kier molecular flexibility index (Phi) is 7.19. The summed E-state index contributed by atoms with van der Waals surface area (Å²) in [6.07, 6.45) is 0. The number of carbonyl (C=O) groups is 2. The third-order valence-electron chi connectivity index (χ3n) is 4.41. The van der Waals surface area contributed by atoms with E-state index in [1.807, 2.05) is 0 Å². The number of amides is 2. The molecular formula is C22H16Cl2N4O4. The largest absolute Gasteiger partial charge is 0.322 e. The maximum atomic E-state index is 12.4. The summed E-state index contributed by atoms with van der Waals surface area (Å²) in [5.74, 6) is -1.08. The van der Waals surface area contributed by atoms with Crippen LogP contribution in [0.4, 0.5) is 11.4 Å². The first-order valence-electron chi connectivity index (χ1n) is 9.21. The van der Waals surface area contributed by atoms with E-state index in [9.17, 15) is 19.7 Å². The summed E-state index contributed by atoms with van der Waals surface area (Å²) in [6.45, 7) is 1.67. The van der Waals surface area contributed by atoms with E-state index in [1.54, 1.807) is 37.3 Å². The number of hydrogen-bond donors (Lipinski definition) is 2. The summed E-state index contributed by atoms with van der Waals surface area (Å²) in [4.78, 5) is 35.1. The van der Waals surface area contributed by atoms with Gasteiger partial charge in [0, 0.05) is 16.8 Å².